The van der Waals surface area contributed by atoms with Crippen LogP contribution in [0.25, 0.3) is 0 Å². The average molecular weight is 459 g/mol. The largest absolute Gasteiger partial charge is 0.469 e. The standard InChI is InChI=1S/C17H25N5O2.HI/c1-22-14(6-9-21-22)12-19-17(20-13-16-5-3-11-24-16)18-8-7-15-4-2-10-23-15;/h2,4,6,9-10,16H,3,5,7-8,11-13H2,1H3,(H2,18,19,20);1H. The molecule has 1 saturated heterocycles. The van der Waals surface area contributed by atoms with E-state index >= 15 is 0 Å². The summed E-state index contributed by atoms with van der Waals surface area (Å²) in [6.07, 6.45) is 6.82. The van der Waals surface area contributed by atoms with Gasteiger partial charge in [-0.2, -0.15) is 5.10 Å². The van der Waals surface area contributed by atoms with Crippen molar-refractivity contribution < 1.29 is 9.15 Å². The fourth-order valence-corrected chi connectivity index (χ4v) is 2.67. The Bertz CT molecular complexity index is 635. The van der Waals surface area contributed by atoms with Gasteiger partial charge >= 0.3 is 0 Å². The third-order valence-corrected chi connectivity index (χ3v) is 4.09. The van der Waals surface area contributed by atoms with Gasteiger partial charge in [-0.25, -0.2) is 4.99 Å². The molecule has 1 atom stereocenters. The number of rotatable bonds is 7. The van der Waals surface area contributed by atoms with Crippen LogP contribution in [0.5, 0.6) is 0 Å². The highest BCUT2D eigenvalue weighted by atomic mass is 127. The molecule has 0 saturated carbocycles. The van der Waals surface area contributed by atoms with Crippen molar-refractivity contribution >= 4 is 29.9 Å². The highest BCUT2D eigenvalue weighted by molar-refractivity contribution is 14.0. The van der Waals surface area contributed by atoms with Crippen LogP contribution >= 0.6 is 24.0 Å². The lowest BCUT2D eigenvalue weighted by Crippen LogP contribution is -2.42. The fourth-order valence-electron chi connectivity index (χ4n) is 2.67. The van der Waals surface area contributed by atoms with Gasteiger partial charge in [-0.05, 0) is 31.0 Å². The molecule has 0 bridgehead atoms. The summed E-state index contributed by atoms with van der Waals surface area (Å²) in [4.78, 5) is 4.65. The van der Waals surface area contributed by atoms with Gasteiger partial charge in [0.05, 0.1) is 24.6 Å². The lowest BCUT2D eigenvalue weighted by Gasteiger charge is -2.15. The van der Waals surface area contributed by atoms with Crippen LogP contribution in [-0.4, -0.2) is 41.5 Å². The molecule has 2 N–H and O–H groups in total. The molecule has 138 valence electrons. The third kappa shape index (κ3) is 6.35. The van der Waals surface area contributed by atoms with Gasteiger partial charge < -0.3 is 19.8 Å². The SMILES string of the molecule is Cn1nccc1CN=C(NCCc1ccco1)NCC1CCCO1.I. The van der Waals surface area contributed by atoms with Gasteiger partial charge in [-0.1, -0.05) is 0 Å². The molecule has 1 aliphatic heterocycles. The number of hydrogen-bond donors (Lipinski definition) is 2. The Morgan fingerprint density at radius 3 is 3.00 bits per heavy atom. The highest BCUT2D eigenvalue weighted by Crippen LogP contribution is 2.10. The fraction of sp³-hybridized carbons (Fsp3) is 0.529. The maximum absolute atomic E-state index is 5.66. The number of halogens is 1. The second kappa shape index (κ2) is 10.4. The monoisotopic (exact) mass is 459 g/mol. The molecule has 1 fully saturated rings. The molecule has 3 rings (SSSR count). The third-order valence-electron chi connectivity index (χ3n) is 4.09. The quantitative estimate of drug-likeness (QED) is 0.377. The summed E-state index contributed by atoms with van der Waals surface area (Å²) < 4.78 is 12.9. The number of aryl methyl sites for hydroxylation is 1. The minimum absolute atomic E-state index is 0. The molecule has 0 spiro atoms. The van der Waals surface area contributed by atoms with Crippen molar-refractivity contribution in [3.63, 3.8) is 0 Å². The van der Waals surface area contributed by atoms with E-state index in [-0.39, 0.29) is 30.1 Å². The van der Waals surface area contributed by atoms with Gasteiger partial charge in [0.25, 0.3) is 0 Å². The predicted molar refractivity (Wildman–Crippen MR) is 107 cm³/mol. The van der Waals surface area contributed by atoms with Crippen molar-refractivity contribution in [1.82, 2.24) is 20.4 Å². The number of nitrogens with zero attached hydrogens (tertiary/aromatic N) is 3. The topological polar surface area (TPSA) is 76.6 Å². The molecule has 8 heteroatoms. The van der Waals surface area contributed by atoms with E-state index in [9.17, 15) is 0 Å². The van der Waals surface area contributed by atoms with E-state index in [0.717, 1.165) is 56.4 Å². The van der Waals surface area contributed by atoms with Crippen molar-refractivity contribution in [2.75, 3.05) is 19.7 Å². The van der Waals surface area contributed by atoms with Crippen LogP contribution in [0.15, 0.2) is 40.1 Å². The van der Waals surface area contributed by atoms with Gasteiger partial charge in [0.15, 0.2) is 5.96 Å². The summed E-state index contributed by atoms with van der Waals surface area (Å²) in [7, 11) is 1.93. The molecule has 0 aromatic carbocycles. The van der Waals surface area contributed by atoms with Crippen LogP contribution < -0.4 is 10.6 Å². The molecular weight excluding hydrogens is 433 g/mol. The molecular formula is C17H26IN5O2. The predicted octanol–water partition coefficient (Wildman–Crippen LogP) is 2.09. The summed E-state index contributed by atoms with van der Waals surface area (Å²) >= 11 is 0. The van der Waals surface area contributed by atoms with E-state index in [0.29, 0.717) is 6.54 Å². The summed E-state index contributed by atoms with van der Waals surface area (Å²) in [5, 5.41) is 10.9. The van der Waals surface area contributed by atoms with Crippen LogP contribution in [-0.2, 0) is 24.8 Å². The molecule has 2 aromatic rings. The summed E-state index contributed by atoms with van der Waals surface area (Å²) in [6.45, 7) is 2.98. The Balaban J connectivity index is 0.00000225. The number of nitrogens with one attached hydrogen (secondary N) is 2. The van der Waals surface area contributed by atoms with E-state index in [2.05, 4.69) is 20.7 Å². The molecule has 3 heterocycles. The molecule has 25 heavy (non-hydrogen) atoms. The van der Waals surface area contributed by atoms with Crippen molar-refractivity contribution in [2.45, 2.75) is 31.9 Å². The normalized spacial score (nSPS) is 17.3. The summed E-state index contributed by atoms with van der Waals surface area (Å²) in [5.74, 6) is 1.76. The lowest BCUT2D eigenvalue weighted by atomic mass is 10.2. The van der Waals surface area contributed by atoms with Crippen LogP contribution in [0.3, 0.4) is 0 Å². The van der Waals surface area contributed by atoms with Gasteiger partial charge in [0.2, 0.25) is 0 Å². The van der Waals surface area contributed by atoms with Crippen molar-refractivity contribution in [3.8, 4) is 0 Å². The molecule has 0 radical (unpaired) electrons. The first-order chi connectivity index (χ1) is 11.8. The van der Waals surface area contributed by atoms with Gasteiger partial charge in [0, 0.05) is 39.4 Å². The first kappa shape index (κ1) is 19.8. The average Bonchev–Trinajstić information content (AvgIpc) is 3.33. The number of aliphatic imine (C=N–C) groups is 1. The second-order valence-electron chi connectivity index (χ2n) is 5.88. The molecule has 1 unspecified atom stereocenters. The van der Waals surface area contributed by atoms with E-state index in [1.807, 2.05) is 29.9 Å². The van der Waals surface area contributed by atoms with E-state index in [1.165, 1.54) is 0 Å². The minimum atomic E-state index is 0. The Morgan fingerprint density at radius 2 is 2.32 bits per heavy atom. The number of hydrogen-bond acceptors (Lipinski definition) is 4. The first-order valence-corrected chi connectivity index (χ1v) is 8.44. The number of furan rings is 1. The van der Waals surface area contributed by atoms with Crippen molar-refractivity contribution in [3.05, 3.63) is 42.1 Å². The Hall–Kier alpha value is -1.55. The Kier molecular flexibility index (Phi) is 8.26. The van der Waals surface area contributed by atoms with Crippen molar-refractivity contribution in [1.29, 1.82) is 0 Å². The van der Waals surface area contributed by atoms with Gasteiger partial charge in [-0.15, -0.1) is 24.0 Å². The maximum atomic E-state index is 5.66. The van der Waals surface area contributed by atoms with Crippen molar-refractivity contribution in [2.24, 2.45) is 12.0 Å². The molecule has 7 nitrogen and oxygen atoms in total. The molecule has 1 aliphatic rings. The zero-order valence-corrected chi connectivity index (χ0v) is 16.8. The minimum Gasteiger partial charge on any atom is -0.469 e. The molecule has 2 aromatic heterocycles. The van der Waals surface area contributed by atoms with E-state index in [1.54, 1.807) is 12.5 Å². The molecule has 0 amide bonds. The Morgan fingerprint density at radius 1 is 1.40 bits per heavy atom. The van der Waals surface area contributed by atoms with Crippen LogP contribution in [0.4, 0.5) is 0 Å². The number of aromatic nitrogens is 2. The van der Waals surface area contributed by atoms with Crippen LogP contribution in [0, 0.1) is 0 Å². The smallest absolute Gasteiger partial charge is 0.191 e. The maximum Gasteiger partial charge on any atom is 0.191 e. The first-order valence-electron chi connectivity index (χ1n) is 8.44. The van der Waals surface area contributed by atoms with E-state index in [4.69, 9.17) is 9.15 Å². The number of guanidine groups is 1. The van der Waals surface area contributed by atoms with Gasteiger partial charge in [-0.3, -0.25) is 4.68 Å². The lowest BCUT2D eigenvalue weighted by molar-refractivity contribution is 0.114. The molecule has 0 aliphatic carbocycles. The van der Waals surface area contributed by atoms with Crippen LogP contribution in [0.2, 0.25) is 0 Å². The Labute approximate surface area is 165 Å². The zero-order valence-electron chi connectivity index (χ0n) is 14.5. The highest BCUT2D eigenvalue weighted by Gasteiger charge is 2.15. The van der Waals surface area contributed by atoms with E-state index < -0.39 is 0 Å². The van der Waals surface area contributed by atoms with Gasteiger partial charge in [0.1, 0.15) is 5.76 Å². The van der Waals surface area contributed by atoms with Crippen LogP contribution in [0.1, 0.15) is 24.3 Å². The number of ether oxygens (including phenoxy) is 1. The second-order valence-corrected chi connectivity index (χ2v) is 5.88. The summed E-state index contributed by atoms with van der Waals surface area (Å²) in [5.41, 5.74) is 1.07. The summed E-state index contributed by atoms with van der Waals surface area (Å²) in [6, 6.07) is 5.86. The zero-order chi connectivity index (χ0) is 16.6.